The van der Waals surface area contributed by atoms with Crippen LogP contribution >= 0.6 is 22.3 Å². The van der Waals surface area contributed by atoms with Gasteiger partial charge >= 0.3 is 5.97 Å². The molecule has 1 aromatic carbocycles. The molecule has 8 heteroatoms. The molecule has 0 aromatic heterocycles. The number of ether oxygens (including phenoxy) is 1. The lowest BCUT2D eigenvalue weighted by molar-refractivity contribution is 0.0334. The van der Waals surface area contributed by atoms with E-state index in [1.54, 1.807) is 13.8 Å². The van der Waals surface area contributed by atoms with Gasteiger partial charge in [-0.25, -0.2) is 17.6 Å². The SMILES string of the molecule is CCC(C)OC(=O)c1cc(S(=O)(=O)Cl)cc(F)c1Cl. The second-order valence-electron chi connectivity index (χ2n) is 3.83. The lowest BCUT2D eigenvalue weighted by atomic mass is 10.2. The number of halogens is 3. The number of rotatable bonds is 4. The van der Waals surface area contributed by atoms with Crippen LogP contribution in [0.25, 0.3) is 0 Å². The van der Waals surface area contributed by atoms with E-state index in [1.165, 1.54) is 0 Å². The number of benzene rings is 1. The monoisotopic (exact) mass is 328 g/mol. The van der Waals surface area contributed by atoms with Crippen molar-refractivity contribution in [3.63, 3.8) is 0 Å². The molecule has 1 aromatic rings. The molecular formula is C11H11Cl2FO4S. The predicted octanol–water partition coefficient (Wildman–Crippen LogP) is 3.36. The van der Waals surface area contributed by atoms with Crippen LogP contribution in [0, 0.1) is 5.82 Å². The standard InChI is InChI=1S/C11H11Cl2FO4S/c1-3-6(2)18-11(15)8-4-7(19(13,16)17)5-9(14)10(8)12/h4-6H,3H2,1-2H3. The minimum atomic E-state index is -4.17. The third-order valence-electron chi connectivity index (χ3n) is 2.39. The van der Waals surface area contributed by atoms with Crippen LogP contribution in [-0.4, -0.2) is 20.5 Å². The Morgan fingerprint density at radius 1 is 1.47 bits per heavy atom. The fourth-order valence-electron chi connectivity index (χ4n) is 1.18. The van der Waals surface area contributed by atoms with Crippen LogP contribution < -0.4 is 0 Å². The van der Waals surface area contributed by atoms with E-state index in [2.05, 4.69) is 0 Å². The van der Waals surface area contributed by atoms with Crippen molar-refractivity contribution in [3.05, 3.63) is 28.5 Å². The summed E-state index contributed by atoms with van der Waals surface area (Å²) in [6.45, 7) is 3.43. The third kappa shape index (κ3) is 4.06. The topological polar surface area (TPSA) is 60.4 Å². The molecule has 0 spiro atoms. The van der Waals surface area contributed by atoms with E-state index < -0.39 is 36.9 Å². The maximum absolute atomic E-state index is 13.5. The van der Waals surface area contributed by atoms with E-state index in [0.717, 1.165) is 6.07 Å². The Morgan fingerprint density at radius 2 is 2.05 bits per heavy atom. The molecule has 0 saturated heterocycles. The van der Waals surface area contributed by atoms with Crippen LogP contribution in [-0.2, 0) is 13.8 Å². The van der Waals surface area contributed by atoms with Crippen LogP contribution in [0.4, 0.5) is 4.39 Å². The van der Waals surface area contributed by atoms with Gasteiger partial charge in [-0.15, -0.1) is 0 Å². The van der Waals surface area contributed by atoms with Gasteiger partial charge in [-0.2, -0.15) is 0 Å². The summed E-state index contributed by atoms with van der Waals surface area (Å²) in [6.07, 6.45) is 0.155. The Morgan fingerprint density at radius 3 is 2.53 bits per heavy atom. The highest BCUT2D eigenvalue weighted by atomic mass is 35.7. The minimum absolute atomic E-state index is 0.374. The number of carbonyl (C=O) groups is 1. The lowest BCUT2D eigenvalue weighted by Crippen LogP contribution is -2.15. The van der Waals surface area contributed by atoms with E-state index in [-0.39, 0.29) is 5.56 Å². The molecular weight excluding hydrogens is 318 g/mol. The predicted molar refractivity (Wildman–Crippen MR) is 69.6 cm³/mol. The highest BCUT2D eigenvalue weighted by Gasteiger charge is 2.22. The summed E-state index contributed by atoms with van der Waals surface area (Å²) in [5, 5.41) is -0.502. The Bertz CT molecular complexity index is 601. The molecule has 1 rings (SSSR count). The number of hydrogen-bond donors (Lipinski definition) is 0. The molecule has 0 heterocycles. The molecule has 0 radical (unpaired) electrons. The quantitative estimate of drug-likeness (QED) is 0.628. The molecule has 0 N–H and O–H groups in total. The molecule has 0 bridgehead atoms. The zero-order valence-corrected chi connectivity index (χ0v) is 12.4. The molecule has 1 unspecified atom stereocenters. The van der Waals surface area contributed by atoms with E-state index in [9.17, 15) is 17.6 Å². The summed E-state index contributed by atoms with van der Waals surface area (Å²) in [6, 6.07) is 1.53. The van der Waals surface area contributed by atoms with Gasteiger partial charge in [-0.3, -0.25) is 0 Å². The summed E-state index contributed by atoms with van der Waals surface area (Å²) in [5.41, 5.74) is -0.374. The summed E-state index contributed by atoms with van der Waals surface area (Å²) >= 11 is 5.62. The van der Waals surface area contributed by atoms with Crippen LogP contribution in [0.5, 0.6) is 0 Å². The smallest absolute Gasteiger partial charge is 0.340 e. The fraction of sp³-hybridized carbons (Fsp3) is 0.364. The van der Waals surface area contributed by atoms with Crippen molar-refractivity contribution in [2.24, 2.45) is 0 Å². The van der Waals surface area contributed by atoms with Gasteiger partial charge < -0.3 is 4.74 Å². The van der Waals surface area contributed by atoms with Crippen molar-refractivity contribution in [2.45, 2.75) is 31.3 Å². The Kier molecular flexibility index (Phi) is 5.18. The Labute approximate surface area is 119 Å². The maximum Gasteiger partial charge on any atom is 0.340 e. The van der Waals surface area contributed by atoms with Gasteiger partial charge in [0, 0.05) is 10.7 Å². The van der Waals surface area contributed by atoms with Crippen molar-refractivity contribution in [1.29, 1.82) is 0 Å². The van der Waals surface area contributed by atoms with Gasteiger partial charge in [0.2, 0.25) is 0 Å². The van der Waals surface area contributed by atoms with Crippen LogP contribution in [0.3, 0.4) is 0 Å². The van der Waals surface area contributed by atoms with Gasteiger partial charge in [0.25, 0.3) is 9.05 Å². The molecule has 0 aliphatic heterocycles. The molecule has 0 saturated carbocycles. The molecule has 0 aliphatic carbocycles. The summed E-state index contributed by atoms with van der Waals surface area (Å²) in [5.74, 6) is -1.96. The zero-order chi connectivity index (χ0) is 14.8. The summed E-state index contributed by atoms with van der Waals surface area (Å²) in [4.78, 5) is 11.2. The molecule has 106 valence electrons. The fourth-order valence-corrected chi connectivity index (χ4v) is 2.14. The van der Waals surface area contributed by atoms with Crippen molar-refractivity contribution < 1.29 is 22.3 Å². The highest BCUT2D eigenvalue weighted by molar-refractivity contribution is 8.13. The molecule has 0 fully saturated rings. The van der Waals surface area contributed by atoms with Crippen LogP contribution in [0.1, 0.15) is 30.6 Å². The normalized spacial score (nSPS) is 13.1. The largest absolute Gasteiger partial charge is 0.459 e. The third-order valence-corrected chi connectivity index (χ3v) is 4.10. The van der Waals surface area contributed by atoms with Crippen molar-refractivity contribution >= 4 is 37.3 Å². The van der Waals surface area contributed by atoms with E-state index >= 15 is 0 Å². The second-order valence-corrected chi connectivity index (χ2v) is 6.77. The van der Waals surface area contributed by atoms with E-state index in [1.807, 2.05) is 0 Å². The van der Waals surface area contributed by atoms with Crippen molar-refractivity contribution in [1.82, 2.24) is 0 Å². The van der Waals surface area contributed by atoms with E-state index in [0.29, 0.717) is 12.5 Å². The number of carbonyl (C=O) groups excluding carboxylic acids is 1. The molecule has 0 aliphatic rings. The second kappa shape index (κ2) is 6.07. The van der Waals surface area contributed by atoms with Gasteiger partial charge in [-0.1, -0.05) is 18.5 Å². The summed E-state index contributed by atoms with van der Waals surface area (Å²) in [7, 11) is 0.937. The van der Waals surface area contributed by atoms with Gasteiger partial charge in [0.05, 0.1) is 21.6 Å². The first-order valence-corrected chi connectivity index (χ1v) is 8.00. The van der Waals surface area contributed by atoms with Crippen LogP contribution in [0.15, 0.2) is 17.0 Å². The van der Waals surface area contributed by atoms with Crippen molar-refractivity contribution in [3.8, 4) is 0 Å². The van der Waals surface area contributed by atoms with Crippen molar-refractivity contribution in [2.75, 3.05) is 0 Å². The zero-order valence-electron chi connectivity index (χ0n) is 10.1. The first kappa shape index (κ1) is 16.2. The Hall–Kier alpha value is -0.850. The average molecular weight is 329 g/mol. The molecule has 0 amide bonds. The molecule has 1 atom stereocenters. The molecule has 4 nitrogen and oxygen atoms in total. The van der Waals surface area contributed by atoms with E-state index in [4.69, 9.17) is 27.0 Å². The van der Waals surface area contributed by atoms with Gasteiger partial charge in [0.15, 0.2) is 0 Å². The number of esters is 1. The molecule has 19 heavy (non-hydrogen) atoms. The van der Waals surface area contributed by atoms with Gasteiger partial charge in [0.1, 0.15) is 5.82 Å². The highest BCUT2D eigenvalue weighted by Crippen LogP contribution is 2.27. The Balaban J connectivity index is 3.27. The lowest BCUT2D eigenvalue weighted by Gasteiger charge is -2.12. The first-order valence-electron chi connectivity index (χ1n) is 5.31. The maximum atomic E-state index is 13.5. The van der Waals surface area contributed by atoms with Gasteiger partial charge in [-0.05, 0) is 25.5 Å². The minimum Gasteiger partial charge on any atom is -0.459 e. The number of hydrogen-bond acceptors (Lipinski definition) is 4. The first-order chi connectivity index (χ1) is 8.66. The summed E-state index contributed by atoms with van der Waals surface area (Å²) < 4.78 is 40.8. The van der Waals surface area contributed by atoms with Crippen LogP contribution in [0.2, 0.25) is 5.02 Å². The average Bonchev–Trinajstić information content (AvgIpc) is 2.30.